The second kappa shape index (κ2) is 18.9. The summed E-state index contributed by atoms with van der Waals surface area (Å²) in [4.78, 5) is 17.6. The Kier molecular flexibility index (Phi) is 15.7. The molecule has 0 amide bonds. The van der Waals surface area contributed by atoms with Crippen molar-refractivity contribution < 1.29 is 14.4 Å². The lowest BCUT2D eigenvalue weighted by molar-refractivity contribution is -0.188. The van der Waals surface area contributed by atoms with Gasteiger partial charge in [-0.25, -0.2) is 4.79 Å². The van der Waals surface area contributed by atoms with Crippen LogP contribution in [-0.2, 0) is 27.3 Å². The molecule has 0 heterocycles. The van der Waals surface area contributed by atoms with Crippen molar-refractivity contribution in [3.8, 4) is 11.8 Å². The molecule has 0 aliphatic carbocycles. The summed E-state index contributed by atoms with van der Waals surface area (Å²) in [5, 5.41) is 2.52. The molecule has 36 heavy (non-hydrogen) atoms. The van der Waals surface area contributed by atoms with Gasteiger partial charge in [-0.1, -0.05) is 99.6 Å². The van der Waals surface area contributed by atoms with Gasteiger partial charge in [-0.15, -0.1) is 0 Å². The summed E-state index contributed by atoms with van der Waals surface area (Å²) in [5.41, 5.74) is 3.24. The number of unbranched alkanes of at least 4 members (excludes halogenated alkanes) is 8. The van der Waals surface area contributed by atoms with Crippen molar-refractivity contribution in [1.82, 2.24) is 5.06 Å². The van der Waals surface area contributed by atoms with Crippen LogP contribution in [0.25, 0.3) is 0 Å². The van der Waals surface area contributed by atoms with Gasteiger partial charge in [0.2, 0.25) is 0 Å². The van der Waals surface area contributed by atoms with Crippen LogP contribution in [0.3, 0.4) is 0 Å². The van der Waals surface area contributed by atoms with E-state index in [9.17, 15) is 4.79 Å². The number of benzene rings is 2. The Labute approximate surface area is 223 Å². The summed E-state index contributed by atoms with van der Waals surface area (Å²) in [7, 11) is 0. The van der Waals surface area contributed by atoms with Gasteiger partial charge in [0.25, 0.3) is 0 Å². The molecule has 2 rings (SSSR count). The molecule has 0 spiro atoms. The zero-order valence-electron chi connectivity index (χ0n) is 22.1. The van der Waals surface area contributed by atoms with Crippen LogP contribution in [0.15, 0.2) is 48.5 Å². The van der Waals surface area contributed by atoms with E-state index < -0.39 is 0 Å². The first-order valence-corrected chi connectivity index (χ1v) is 13.8. The summed E-state index contributed by atoms with van der Waals surface area (Å²) in [6, 6.07) is 16.0. The van der Waals surface area contributed by atoms with Crippen LogP contribution >= 0.6 is 11.6 Å². The van der Waals surface area contributed by atoms with Crippen LogP contribution in [0.4, 0.5) is 0 Å². The minimum absolute atomic E-state index is 0.105. The number of hydrogen-bond acceptors (Lipinski definition) is 4. The molecular formula is C31H42ClNO3. The summed E-state index contributed by atoms with van der Waals surface area (Å²) in [5.74, 6) is 6.23. The highest BCUT2D eigenvalue weighted by atomic mass is 35.5. The van der Waals surface area contributed by atoms with Crippen molar-refractivity contribution in [2.24, 2.45) is 0 Å². The van der Waals surface area contributed by atoms with Crippen LogP contribution in [0.2, 0.25) is 5.02 Å². The molecule has 0 aliphatic heterocycles. The number of ether oxygens (including phenoxy) is 1. The lowest BCUT2D eigenvalue weighted by Gasteiger charge is -2.21. The standard InChI is InChI=1S/C31H42ClNO3/c1-3-5-6-7-8-9-10-11-12-13-15-27-18-20-29(21-19-27)25-33(36-26-31(34)35-4-2)23-22-28-16-14-17-30(32)24-28/h14,16-21,24H,3-12,22-23,25-26H2,1-2H3. The maximum absolute atomic E-state index is 11.8. The third kappa shape index (κ3) is 13.7. The van der Waals surface area contributed by atoms with Gasteiger partial charge in [-0.2, -0.15) is 5.06 Å². The van der Waals surface area contributed by atoms with E-state index >= 15 is 0 Å². The SMILES string of the molecule is CCCCCCCCCCC#Cc1ccc(CN(CCc2cccc(Cl)c2)OCC(=O)OCC)cc1. The van der Waals surface area contributed by atoms with E-state index in [-0.39, 0.29) is 12.6 Å². The van der Waals surface area contributed by atoms with Gasteiger partial charge in [0.05, 0.1) is 6.61 Å². The molecule has 4 nitrogen and oxygen atoms in total. The fourth-order valence-electron chi connectivity index (χ4n) is 3.89. The van der Waals surface area contributed by atoms with Crippen molar-refractivity contribution in [3.05, 3.63) is 70.2 Å². The fourth-order valence-corrected chi connectivity index (χ4v) is 4.10. The highest BCUT2D eigenvalue weighted by Crippen LogP contribution is 2.14. The summed E-state index contributed by atoms with van der Waals surface area (Å²) < 4.78 is 5.00. The maximum Gasteiger partial charge on any atom is 0.334 e. The number of hydrogen-bond donors (Lipinski definition) is 0. The van der Waals surface area contributed by atoms with E-state index in [1.165, 1.54) is 51.4 Å². The lowest BCUT2D eigenvalue weighted by atomic mass is 10.1. The van der Waals surface area contributed by atoms with Crippen LogP contribution in [-0.4, -0.2) is 30.8 Å². The lowest BCUT2D eigenvalue weighted by Crippen LogP contribution is -2.29. The van der Waals surface area contributed by atoms with E-state index in [4.69, 9.17) is 21.2 Å². The number of halogens is 1. The van der Waals surface area contributed by atoms with Crippen molar-refractivity contribution in [2.45, 2.75) is 84.6 Å². The van der Waals surface area contributed by atoms with E-state index in [1.807, 2.05) is 24.3 Å². The zero-order valence-corrected chi connectivity index (χ0v) is 22.8. The van der Waals surface area contributed by atoms with E-state index in [0.29, 0.717) is 24.7 Å². The van der Waals surface area contributed by atoms with Crippen LogP contribution in [0.5, 0.6) is 0 Å². The molecule has 2 aromatic rings. The molecule has 5 heteroatoms. The van der Waals surface area contributed by atoms with E-state index in [0.717, 1.165) is 29.5 Å². The highest BCUT2D eigenvalue weighted by Gasteiger charge is 2.11. The average molecular weight is 512 g/mol. The Hall–Kier alpha value is -2.32. The monoisotopic (exact) mass is 511 g/mol. The molecule has 0 unspecified atom stereocenters. The minimum Gasteiger partial charge on any atom is -0.464 e. The molecule has 0 aromatic heterocycles. The molecule has 0 atom stereocenters. The van der Waals surface area contributed by atoms with E-state index in [2.05, 4.69) is 43.0 Å². The first kappa shape index (κ1) is 29.9. The largest absolute Gasteiger partial charge is 0.464 e. The molecule has 0 radical (unpaired) electrons. The molecule has 0 bridgehead atoms. The third-order valence-corrected chi connectivity index (χ3v) is 6.15. The Morgan fingerprint density at radius 2 is 1.64 bits per heavy atom. The first-order chi connectivity index (χ1) is 17.6. The zero-order chi connectivity index (χ0) is 25.8. The predicted octanol–water partition coefficient (Wildman–Crippen LogP) is 7.76. The van der Waals surface area contributed by atoms with Gasteiger partial charge in [-0.05, 0) is 55.2 Å². The molecule has 0 saturated heterocycles. The average Bonchev–Trinajstić information content (AvgIpc) is 2.88. The van der Waals surface area contributed by atoms with Crippen molar-refractivity contribution in [2.75, 3.05) is 19.8 Å². The fraction of sp³-hybridized carbons (Fsp3) is 0.516. The quantitative estimate of drug-likeness (QED) is 0.0941. The number of nitrogens with zero attached hydrogens (tertiary/aromatic N) is 1. The first-order valence-electron chi connectivity index (χ1n) is 13.5. The molecular weight excluding hydrogens is 470 g/mol. The van der Waals surface area contributed by atoms with Gasteiger partial charge in [0, 0.05) is 30.1 Å². The van der Waals surface area contributed by atoms with E-state index in [1.54, 1.807) is 12.0 Å². The van der Waals surface area contributed by atoms with Gasteiger partial charge < -0.3 is 4.74 Å². The minimum atomic E-state index is -0.368. The molecule has 0 N–H and O–H groups in total. The number of carbonyl (C=O) groups is 1. The second-order valence-electron chi connectivity index (χ2n) is 9.05. The number of hydroxylamine groups is 2. The summed E-state index contributed by atoms with van der Waals surface area (Å²) in [6.07, 6.45) is 12.3. The number of carbonyl (C=O) groups excluding carboxylic acids is 1. The second-order valence-corrected chi connectivity index (χ2v) is 9.48. The van der Waals surface area contributed by atoms with Crippen LogP contribution < -0.4 is 0 Å². The normalized spacial score (nSPS) is 10.8. The molecule has 2 aromatic carbocycles. The van der Waals surface area contributed by atoms with Gasteiger partial charge in [0.1, 0.15) is 0 Å². The van der Waals surface area contributed by atoms with Gasteiger partial charge in [0.15, 0.2) is 6.61 Å². The van der Waals surface area contributed by atoms with Crippen LogP contribution in [0, 0.1) is 11.8 Å². The molecule has 0 saturated carbocycles. The molecule has 0 fully saturated rings. The van der Waals surface area contributed by atoms with Crippen molar-refractivity contribution >= 4 is 17.6 Å². The Morgan fingerprint density at radius 1 is 0.917 bits per heavy atom. The number of esters is 1. The maximum atomic E-state index is 11.8. The summed E-state index contributed by atoms with van der Waals surface area (Å²) >= 11 is 6.11. The van der Waals surface area contributed by atoms with Gasteiger partial charge >= 0.3 is 5.97 Å². The molecule has 0 aliphatic rings. The predicted molar refractivity (Wildman–Crippen MR) is 149 cm³/mol. The van der Waals surface area contributed by atoms with Gasteiger partial charge in [-0.3, -0.25) is 4.84 Å². The smallest absolute Gasteiger partial charge is 0.334 e. The Balaban J connectivity index is 1.80. The number of rotatable bonds is 17. The Morgan fingerprint density at radius 3 is 2.33 bits per heavy atom. The molecule has 196 valence electrons. The topological polar surface area (TPSA) is 38.8 Å². The van der Waals surface area contributed by atoms with Crippen molar-refractivity contribution in [3.63, 3.8) is 0 Å². The third-order valence-electron chi connectivity index (χ3n) is 5.91. The van der Waals surface area contributed by atoms with Crippen LogP contribution in [0.1, 0.15) is 88.3 Å². The van der Waals surface area contributed by atoms with Crippen molar-refractivity contribution in [1.29, 1.82) is 0 Å². The highest BCUT2D eigenvalue weighted by molar-refractivity contribution is 6.30. The Bertz CT molecular complexity index is 933. The summed E-state index contributed by atoms with van der Waals surface area (Å²) in [6.45, 7) is 5.46.